The molecule has 5 nitrogen and oxygen atoms in total. The minimum atomic E-state index is -3.40. The molecule has 0 radical (unpaired) electrons. The van der Waals surface area contributed by atoms with Crippen molar-refractivity contribution in [2.45, 2.75) is 52.5 Å². The lowest BCUT2D eigenvalue weighted by molar-refractivity contribution is 0.219. The standard InChI is InChI=1S/C13H29N3O2S/c1-5-13(14,6-2)10-15-19(17,18)16-8-11(3)7-12(4)9-16/h11-12,15H,5-10,14H2,1-4H3/t11-,12+. The normalized spacial score (nSPS) is 26.6. The van der Waals surface area contributed by atoms with Gasteiger partial charge in [-0.3, -0.25) is 0 Å². The fourth-order valence-corrected chi connectivity index (χ4v) is 4.18. The van der Waals surface area contributed by atoms with Gasteiger partial charge in [0.15, 0.2) is 0 Å². The van der Waals surface area contributed by atoms with E-state index in [2.05, 4.69) is 18.6 Å². The van der Waals surface area contributed by atoms with Crippen LogP contribution in [0.3, 0.4) is 0 Å². The van der Waals surface area contributed by atoms with E-state index in [9.17, 15) is 8.42 Å². The molecule has 0 spiro atoms. The first-order chi connectivity index (χ1) is 8.72. The van der Waals surface area contributed by atoms with Crippen LogP contribution in [0.25, 0.3) is 0 Å². The quantitative estimate of drug-likeness (QED) is 0.775. The molecule has 3 N–H and O–H groups in total. The highest BCUT2D eigenvalue weighted by atomic mass is 32.2. The van der Waals surface area contributed by atoms with Crippen molar-refractivity contribution in [3.8, 4) is 0 Å². The summed E-state index contributed by atoms with van der Waals surface area (Å²) in [5, 5.41) is 0. The highest BCUT2D eigenvalue weighted by Gasteiger charge is 2.32. The van der Waals surface area contributed by atoms with Gasteiger partial charge in [0.05, 0.1) is 0 Å². The first kappa shape index (κ1) is 16.9. The van der Waals surface area contributed by atoms with Gasteiger partial charge in [0, 0.05) is 25.2 Å². The van der Waals surface area contributed by atoms with Crippen molar-refractivity contribution in [3.05, 3.63) is 0 Å². The zero-order chi connectivity index (χ0) is 14.7. The molecule has 0 bridgehead atoms. The van der Waals surface area contributed by atoms with E-state index >= 15 is 0 Å². The van der Waals surface area contributed by atoms with E-state index in [1.165, 1.54) is 0 Å². The summed E-state index contributed by atoms with van der Waals surface area (Å²) in [6.45, 7) is 9.70. The number of rotatable bonds is 6. The maximum atomic E-state index is 12.3. The molecule has 114 valence electrons. The molecular formula is C13H29N3O2S. The molecule has 1 rings (SSSR count). The number of piperidine rings is 1. The summed E-state index contributed by atoms with van der Waals surface area (Å²) in [4.78, 5) is 0. The van der Waals surface area contributed by atoms with Crippen LogP contribution in [-0.4, -0.2) is 37.9 Å². The van der Waals surface area contributed by atoms with Crippen LogP contribution in [0.5, 0.6) is 0 Å². The van der Waals surface area contributed by atoms with Gasteiger partial charge >= 0.3 is 0 Å². The maximum absolute atomic E-state index is 12.3. The van der Waals surface area contributed by atoms with Gasteiger partial charge in [-0.15, -0.1) is 0 Å². The van der Waals surface area contributed by atoms with E-state index in [0.717, 1.165) is 19.3 Å². The van der Waals surface area contributed by atoms with Crippen LogP contribution in [-0.2, 0) is 10.2 Å². The Labute approximate surface area is 118 Å². The predicted molar refractivity (Wildman–Crippen MR) is 78.9 cm³/mol. The predicted octanol–water partition coefficient (Wildman–Crippen LogP) is 1.32. The van der Waals surface area contributed by atoms with Gasteiger partial charge in [0.25, 0.3) is 10.2 Å². The average Bonchev–Trinajstić information content (AvgIpc) is 2.35. The minimum Gasteiger partial charge on any atom is -0.324 e. The first-order valence-corrected chi connectivity index (χ1v) is 8.70. The molecule has 1 fully saturated rings. The van der Waals surface area contributed by atoms with Crippen LogP contribution in [0.4, 0.5) is 0 Å². The Kier molecular flexibility index (Phi) is 5.79. The third kappa shape index (κ3) is 4.70. The number of hydrogen-bond donors (Lipinski definition) is 2. The summed E-state index contributed by atoms with van der Waals surface area (Å²) in [7, 11) is -3.40. The zero-order valence-electron chi connectivity index (χ0n) is 12.6. The molecule has 1 saturated heterocycles. The van der Waals surface area contributed by atoms with Gasteiger partial charge in [-0.05, 0) is 31.1 Å². The SMILES string of the molecule is CCC(N)(CC)CNS(=O)(=O)N1C[C@H](C)C[C@H](C)C1. The largest absolute Gasteiger partial charge is 0.324 e. The lowest BCUT2D eigenvalue weighted by atomic mass is 9.94. The summed E-state index contributed by atoms with van der Waals surface area (Å²) in [5.74, 6) is 0.834. The van der Waals surface area contributed by atoms with Crippen molar-refractivity contribution >= 4 is 10.2 Å². The van der Waals surface area contributed by atoms with Gasteiger partial charge in [-0.25, -0.2) is 4.72 Å². The molecule has 0 unspecified atom stereocenters. The van der Waals surface area contributed by atoms with E-state index in [4.69, 9.17) is 5.73 Å². The highest BCUT2D eigenvalue weighted by molar-refractivity contribution is 7.87. The molecule has 0 aromatic carbocycles. The van der Waals surface area contributed by atoms with Gasteiger partial charge in [-0.2, -0.15) is 12.7 Å². The average molecular weight is 291 g/mol. The van der Waals surface area contributed by atoms with Crippen LogP contribution in [0.15, 0.2) is 0 Å². The molecule has 0 aromatic heterocycles. The van der Waals surface area contributed by atoms with Crippen molar-refractivity contribution in [1.29, 1.82) is 0 Å². The molecule has 1 aliphatic heterocycles. The van der Waals surface area contributed by atoms with E-state index in [1.807, 2.05) is 13.8 Å². The Hall–Kier alpha value is -0.170. The van der Waals surface area contributed by atoms with Crippen molar-refractivity contribution in [1.82, 2.24) is 9.03 Å². The van der Waals surface area contributed by atoms with Crippen LogP contribution < -0.4 is 10.5 Å². The number of hydrogen-bond acceptors (Lipinski definition) is 3. The van der Waals surface area contributed by atoms with Crippen molar-refractivity contribution in [3.63, 3.8) is 0 Å². The maximum Gasteiger partial charge on any atom is 0.279 e. The summed E-state index contributed by atoms with van der Waals surface area (Å²) >= 11 is 0. The van der Waals surface area contributed by atoms with E-state index in [0.29, 0.717) is 31.5 Å². The molecular weight excluding hydrogens is 262 g/mol. The zero-order valence-corrected chi connectivity index (χ0v) is 13.5. The molecule has 2 atom stereocenters. The molecule has 0 amide bonds. The minimum absolute atomic E-state index is 0.307. The Balaban J connectivity index is 2.65. The molecule has 6 heteroatoms. The second kappa shape index (κ2) is 6.52. The van der Waals surface area contributed by atoms with Crippen molar-refractivity contribution < 1.29 is 8.42 Å². The molecule has 1 aliphatic rings. The lowest BCUT2D eigenvalue weighted by Crippen LogP contribution is -2.54. The summed E-state index contributed by atoms with van der Waals surface area (Å²) < 4.78 is 28.9. The molecule has 1 heterocycles. The first-order valence-electron chi connectivity index (χ1n) is 7.26. The van der Waals surface area contributed by atoms with E-state index in [1.54, 1.807) is 4.31 Å². The topological polar surface area (TPSA) is 75.4 Å². The summed E-state index contributed by atoms with van der Waals surface area (Å²) in [5.41, 5.74) is 5.70. The van der Waals surface area contributed by atoms with Crippen LogP contribution in [0.2, 0.25) is 0 Å². The second-order valence-electron chi connectivity index (χ2n) is 6.16. The van der Waals surface area contributed by atoms with Gasteiger partial charge in [0.2, 0.25) is 0 Å². The second-order valence-corrected chi connectivity index (χ2v) is 7.91. The van der Waals surface area contributed by atoms with Gasteiger partial charge in [-0.1, -0.05) is 27.7 Å². The van der Waals surface area contributed by atoms with Crippen LogP contribution in [0.1, 0.15) is 47.0 Å². The van der Waals surface area contributed by atoms with Crippen molar-refractivity contribution in [2.75, 3.05) is 19.6 Å². The van der Waals surface area contributed by atoms with Crippen LogP contribution >= 0.6 is 0 Å². The lowest BCUT2D eigenvalue weighted by Gasteiger charge is -2.35. The third-order valence-electron chi connectivity index (χ3n) is 4.19. The fourth-order valence-electron chi connectivity index (χ4n) is 2.63. The van der Waals surface area contributed by atoms with E-state index in [-0.39, 0.29) is 0 Å². The molecule has 19 heavy (non-hydrogen) atoms. The van der Waals surface area contributed by atoms with Crippen molar-refractivity contribution in [2.24, 2.45) is 17.6 Å². The van der Waals surface area contributed by atoms with Gasteiger partial charge < -0.3 is 5.73 Å². The van der Waals surface area contributed by atoms with Crippen LogP contribution in [0, 0.1) is 11.8 Å². The monoisotopic (exact) mass is 291 g/mol. The summed E-state index contributed by atoms with van der Waals surface area (Å²) in [6.07, 6.45) is 2.62. The Morgan fingerprint density at radius 3 is 2.11 bits per heavy atom. The number of nitrogens with zero attached hydrogens (tertiary/aromatic N) is 1. The number of nitrogens with two attached hydrogens (primary N) is 1. The van der Waals surface area contributed by atoms with Gasteiger partial charge in [0.1, 0.15) is 0 Å². The van der Waals surface area contributed by atoms with E-state index < -0.39 is 15.7 Å². The Morgan fingerprint density at radius 1 is 1.21 bits per heavy atom. The number of nitrogens with one attached hydrogen (secondary N) is 1. The smallest absolute Gasteiger partial charge is 0.279 e. The Morgan fingerprint density at radius 2 is 1.68 bits per heavy atom. The fraction of sp³-hybridized carbons (Fsp3) is 1.00. The molecule has 0 aliphatic carbocycles. The molecule has 0 saturated carbocycles. The molecule has 0 aromatic rings. The highest BCUT2D eigenvalue weighted by Crippen LogP contribution is 2.22. The third-order valence-corrected chi connectivity index (χ3v) is 5.68. The summed E-state index contributed by atoms with van der Waals surface area (Å²) in [6, 6.07) is 0. The Bertz CT molecular complexity index is 369.